The molecule has 0 radical (unpaired) electrons. The van der Waals surface area contributed by atoms with Crippen LogP contribution in [0.15, 0.2) is 35.3 Å². The molecule has 0 aliphatic carbocycles. The van der Waals surface area contributed by atoms with E-state index in [0.29, 0.717) is 22.0 Å². The van der Waals surface area contributed by atoms with E-state index in [2.05, 4.69) is 21.2 Å². The minimum Gasteiger partial charge on any atom is -0.480 e. The Morgan fingerprint density at radius 3 is 2.89 bits per heavy atom. The summed E-state index contributed by atoms with van der Waals surface area (Å²) in [5.74, 6) is 2.87. The zero-order valence-electron chi connectivity index (χ0n) is 14.6. The van der Waals surface area contributed by atoms with E-state index in [1.54, 1.807) is 25.2 Å². The molecule has 8 heteroatoms. The van der Waals surface area contributed by atoms with Crippen molar-refractivity contribution in [2.24, 2.45) is 7.05 Å². The summed E-state index contributed by atoms with van der Waals surface area (Å²) in [4.78, 5) is 31.6. The van der Waals surface area contributed by atoms with Gasteiger partial charge in [0, 0.05) is 18.1 Å². The minimum atomic E-state index is -0.318. The number of hydrogen-bond acceptors (Lipinski definition) is 6. The first-order chi connectivity index (χ1) is 12.9. The molecule has 0 saturated carbocycles. The monoisotopic (exact) mass is 382 g/mol. The van der Waals surface area contributed by atoms with Gasteiger partial charge in [0.15, 0.2) is 17.4 Å². The van der Waals surface area contributed by atoms with Crippen molar-refractivity contribution in [1.29, 1.82) is 0 Å². The number of ketones is 1. The Labute approximate surface area is 160 Å². The van der Waals surface area contributed by atoms with E-state index >= 15 is 0 Å². The summed E-state index contributed by atoms with van der Waals surface area (Å²) >= 11 is 6.11. The van der Waals surface area contributed by atoms with Gasteiger partial charge in [0.2, 0.25) is 5.82 Å². The quantitative estimate of drug-likeness (QED) is 0.683. The molecule has 27 heavy (non-hydrogen) atoms. The average Bonchev–Trinajstić information content (AvgIpc) is 2.65. The molecular weight excluding hydrogens is 368 g/mol. The van der Waals surface area contributed by atoms with Gasteiger partial charge in [-0.05, 0) is 37.1 Å². The molecule has 0 aliphatic rings. The number of nitrogens with one attached hydrogen (secondary N) is 1. The van der Waals surface area contributed by atoms with Crippen molar-refractivity contribution in [1.82, 2.24) is 14.5 Å². The van der Waals surface area contributed by atoms with E-state index in [0.717, 1.165) is 5.39 Å². The van der Waals surface area contributed by atoms with E-state index in [9.17, 15) is 9.59 Å². The Hall–Kier alpha value is -3.37. The third-order valence-electron chi connectivity index (χ3n) is 3.76. The lowest BCUT2D eigenvalue weighted by molar-refractivity contribution is -0.118. The number of ether oxygens (including phenoxy) is 1. The number of aromatic nitrogens is 3. The molecule has 0 amide bonds. The maximum absolute atomic E-state index is 12.3. The maximum Gasteiger partial charge on any atom is 0.293 e. The maximum atomic E-state index is 12.3. The van der Waals surface area contributed by atoms with Crippen LogP contribution < -0.4 is 15.6 Å². The number of pyridine rings is 1. The number of benzene rings is 1. The fourth-order valence-corrected chi connectivity index (χ4v) is 2.61. The molecule has 0 aliphatic heterocycles. The van der Waals surface area contributed by atoms with Crippen LogP contribution in [0.3, 0.4) is 0 Å². The van der Waals surface area contributed by atoms with E-state index in [1.807, 2.05) is 6.07 Å². The Balaban J connectivity index is 2.01. The average molecular weight is 383 g/mol. The molecule has 2 heterocycles. The van der Waals surface area contributed by atoms with E-state index in [4.69, 9.17) is 22.8 Å². The summed E-state index contributed by atoms with van der Waals surface area (Å²) in [6.07, 6.45) is 6.74. The number of hydrogen-bond donors (Lipinski definition) is 1. The normalized spacial score (nSPS) is 10.4. The van der Waals surface area contributed by atoms with Gasteiger partial charge < -0.3 is 14.6 Å². The molecule has 136 valence electrons. The van der Waals surface area contributed by atoms with Gasteiger partial charge >= 0.3 is 0 Å². The highest BCUT2D eigenvalue weighted by molar-refractivity contribution is 6.32. The molecular formula is C19H15ClN4O3. The van der Waals surface area contributed by atoms with Crippen molar-refractivity contribution in [2.45, 2.75) is 6.92 Å². The lowest BCUT2D eigenvalue weighted by Gasteiger charge is -2.12. The number of terminal acetylenes is 1. The number of rotatable bonds is 5. The molecule has 0 spiro atoms. The molecule has 1 aromatic carbocycles. The zero-order valence-corrected chi connectivity index (χ0v) is 15.4. The SMILES string of the molecule is C#Cc1ncc(Cl)c(Nc2ccc3c(c2)cc(OCC(C)=O)c(=O)n3C)n1. The largest absolute Gasteiger partial charge is 0.480 e. The van der Waals surface area contributed by atoms with Crippen LogP contribution in [0.5, 0.6) is 5.75 Å². The highest BCUT2D eigenvalue weighted by Gasteiger charge is 2.11. The number of nitrogens with zero attached hydrogens (tertiary/aromatic N) is 3. The van der Waals surface area contributed by atoms with Crippen molar-refractivity contribution in [3.63, 3.8) is 0 Å². The molecule has 1 N–H and O–H groups in total. The highest BCUT2D eigenvalue weighted by Crippen LogP contribution is 2.26. The second kappa shape index (κ2) is 7.48. The van der Waals surface area contributed by atoms with Gasteiger partial charge in [-0.25, -0.2) is 9.97 Å². The van der Waals surface area contributed by atoms with E-state index in [1.165, 1.54) is 17.7 Å². The second-order valence-electron chi connectivity index (χ2n) is 5.80. The van der Waals surface area contributed by atoms with Gasteiger partial charge in [0.25, 0.3) is 5.56 Å². The Morgan fingerprint density at radius 1 is 1.41 bits per heavy atom. The fraction of sp³-hybridized carbons (Fsp3) is 0.158. The zero-order chi connectivity index (χ0) is 19.6. The molecule has 0 fully saturated rings. The predicted octanol–water partition coefficient (Wildman–Crippen LogP) is 2.67. The topological polar surface area (TPSA) is 86.1 Å². The third kappa shape index (κ3) is 3.91. The van der Waals surface area contributed by atoms with Gasteiger partial charge in [-0.2, -0.15) is 0 Å². The van der Waals surface area contributed by atoms with Crippen LogP contribution in [0.1, 0.15) is 12.7 Å². The summed E-state index contributed by atoms with van der Waals surface area (Å²) in [6.45, 7) is 1.23. The predicted molar refractivity (Wildman–Crippen MR) is 104 cm³/mol. The summed E-state index contributed by atoms with van der Waals surface area (Å²) in [7, 11) is 1.64. The Morgan fingerprint density at radius 2 is 2.19 bits per heavy atom. The summed E-state index contributed by atoms with van der Waals surface area (Å²) < 4.78 is 6.79. The van der Waals surface area contributed by atoms with Crippen molar-refractivity contribution in [2.75, 3.05) is 11.9 Å². The number of carbonyl (C=O) groups is 1. The van der Waals surface area contributed by atoms with Crippen molar-refractivity contribution >= 4 is 39.8 Å². The first-order valence-electron chi connectivity index (χ1n) is 7.91. The van der Waals surface area contributed by atoms with Crippen LogP contribution in [-0.4, -0.2) is 26.9 Å². The van der Waals surface area contributed by atoms with Crippen molar-refractivity contribution in [3.8, 4) is 18.1 Å². The van der Waals surface area contributed by atoms with Crippen LogP contribution in [0.25, 0.3) is 10.9 Å². The van der Waals surface area contributed by atoms with Crippen LogP contribution in [0.4, 0.5) is 11.5 Å². The van der Waals surface area contributed by atoms with Gasteiger partial charge in [-0.1, -0.05) is 11.6 Å². The summed E-state index contributed by atoms with van der Waals surface area (Å²) in [5, 5.41) is 4.14. The minimum absolute atomic E-state index is 0.104. The first kappa shape index (κ1) is 18.4. The second-order valence-corrected chi connectivity index (χ2v) is 6.20. The van der Waals surface area contributed by atoms with E-state index in [-0.39, 0.29) is 29.5 Å². The molecule has 3 rings (SSSR count). The van der Waals surface area contributed by atoms with Gasteiger partial charge in [0.1, 0.15) is 11.6 Å². The molecule has 2 aromatic heterocycles. The Kier molecular flexibility index (Phi) is 5.10. The molecule has 0 atom stereocenters. The van der Waals surface area contributed by atoms with Crippen molar-refractivity contribution < 1.29 is 9.53 Å². The number of aryl methyl sites for hydroxylation is 1. The molecule has 0 bridgehead atoms. The number of Topliss-reactive ketones (excluding diaryl/α,β-unsaturated/α-hetero) is 1. The molecule has 7 nitrogen and oxygen atoms in total. The highest BCUT2D eigenvalue weighted by atomic mass is 35.5. The molecule has 3 aromatic rings. The standard InChI is InChI=1S/C19H15ClN4O3/c1-4-17-21-9-14(20)18(23-17)22-13-5-6-15-12(7-13)8-16(19(26)24(15)3)27-10-11(2)25/h1,5-9H,10H2,2-3H3,(H,21,22,23). The van der Waals surface area contributed by atoms with Gasteiger partial charge in [-0.15, -0.1) is 6.42 Å². The summed E-state index contributed by atoms with van der Waals surface area (Å²) in [5.41, 5.74) is 1.07. The van der Waals surface area contributed by atoms with Crippen molar-refractivity contribution in [3.05, 3.63) is 51.7 Å². The van der Waals surface area contributed by atoms with Crippen LogP contribution in [0.2, 0.25) is 5.02 Å². The van der Waals surface area contributed by atoms with Gasteiger partial charge in [-0.3, -0.25) is 9.59 Å². The molecule has 0 saturated heterocycles. The smallest absolute Gasteiger partial charge is 0.293 e. The van der Waals surface area contributed by atoms with Gasteiger partial charge in [0.05, 0.1) is 11.7 Å². The lowest BCUT2D eigenvalue weighted by Crippen LogP contribution is -2.21. The number of halogens is 1. The number of carbonyl (C=O) groups excluding carboxylic acids is 1. The Bertz CT molecular complexity index is 1150. The van der Waals surface area contributed by atoms with E-state index < -0.39 is 0 Å². The van der Waals surface area contributed by atoms with Crippen LogP contribution in [0, 0.1) is 12.3 Å². The van der Waals surface area contributed by atoms with Crippen LogP contribution in [-0.2, 0) is 11.8 Å². The van der Waals surface area contributed by atoms with Crippen LogP contribution >= 0.6 is 11.6 Å². The third-order valence-corrected chi connectivity index (χ3v) is 4.03. The summed E-state index contributed by atoms with van der Waals surface area (Å²) in [6, 6.07) is 6.97. The molecule has 0 unspecified atom stereocenters. The first-order valence-corrected chi connectivity index (χ1v) is 8.29. The fourth-order valence-electron chi connectivity index (χ4n) is 2.47. The number of fused-ring (bicyclic) bond motifs is 1. The lowest BCUT2D eigenvalue weighted by atomic mass is 10.2. The number of anilines is 2.